The molecule has 0 aliphatic heterocycles. The first-order valence-electron chi connectivity index (χ1n) is 10.2. The fourth-order valence-corrected chi connectivity index (χ4v) is 3.84. The summed E-state index contributed by atoms with van der Waals surface area (Å²) >= 11 is 6.79. The van der Waals surface area contributed by atoms with Crippen LogP contribution in [-0.2, 0) is 24.1 Å². The quantitative estimate of drug-likeness (QED) is 0.414. The Bertz CT molecular complexity index is 711. The number of hydrogen-bond acceptors (Lipinski definition) is 1. The van der Waals surface area contributed by atoms with E-state index < -0.39 is 0 Å². The van der Waals surface area contributed by atoms with Crippen LogP contribution in [-0.4, -0.2) is 6.61 Å². The summed E-state index contributed by atoms with van der Waals surface area (Å²) < 4.78 is 6.02. The second kappa shape index (κ2) is 9.64. The second-order valence-corrected chi connectivity index (χ2v) is 9.75. The molecule has 148 valence electrons. The van der Waals surface area contributed by atoms with Crippen LogP contribution >= 0.6 is 11.6 Å². The van der Waals surface area contributed by atoms with Crippen LogP contribution in [0, 0.1) is 11.8 Å². The van der Waals surface area contributed by atoms with Crippen LogP contribution in [0.1, 0.15) is 63.8 Å². The number of halogens is 1. The Morgan fingerprint density at radius 1 is 0.852 bits per heavy atom. The van der Waals surface area contributed by atoms with Gasteiger partial charge in [-0.3, -0.25) is 0 Å². The molecular weight excluding hydrogens is 352 g/mol. The third-order valence-electron chi connectivity index (χ3n) is 4.77. The highest BCUT2D eigenvalue weighted by molar-refractivity contribution is 6.23. The number of alkyl halides is 1. The molecule has 2 rings (SSSR count). The van der Waals surface area contributed by atoms with E-state index in [0.29, 0.717) is 18.4 Å². The third-order valence-corrected chi connectivity index (χ3v) is 4.98. The van der Waals surface area contributed by atoms with Gasteiger partial charge in [-0.25, -0.2) is 0 Å². The molecule has 0 atom stereocenters. The predicted octanol–water partition coefficient (Wildman–Crippen LogP) is 7.18. The molecule has 0 aliphatic rings. The number of rotatable bonds is 9. The molecule has 0 radical (unpaired) electrons. The van der Waals surface area contributed by atoms with Gasteiger partial charge in [0.05, 0.1) is 11.5 Å². The number of benzene rings is 2. The molecule has 2 aromatic carbocycles. The van der Waals surface area contributed by atoms with E-state index in [2.05, 4.69) is 53.7 Å². The average molecular weight is 387 g/mol. The lowest BCUT2D eigenvalue weighted by Gasteiger charge is -2.27. The largest absolute Gasteiger partial charge is 0.493 e. The van der Waals surface area contributed by atoms with Crippen molar-refractivity contribution in [2.45, 2.75) is 65.7 Å². The Morgan fingerprint density at radius 3 is 2.04 bits per heavy atom. The molecule has 27 heavy (non-hydrogen) atoms. The van der Waals surface area contributed by atoms with Gasteiger partial charge >= 0.3 is 0 Å². The smallest absolute Gasteiger partial charge is 0.119 e. The maximum absolute atomic E-state index is 6.79. The highest BCUT2D eigenvalue weighted by Gasteiger charge is 2.24. The van der Waals surface area contributed by atoms with E-state index in [-0.39, 0.29) is 4.87 Å². The molecule has 0 bridgehead atoms. The minimum atomic E-state index is -0.385. The highest BCUT2D eigenvalue weighted by Crippen LogP contribution is 2.35. The van der Waals surface area contributed by atoms with Gasteiger partial charge in [-0.2, -0.15) is 0 Å². The lowest BCUT2D eigenvalue weighted by molar-refractivity contribution is 0.320. The van der Waals surface area contributed by atoms with Crippen LogP contribution in [0.3, 0.4) is 0 Å². The lowest BCUT2D eigenvalue weighted by atomic mass is 9.83. The number of ether oxygens (including phenoxy) is 1. The molecule has 0 aliphatic carbocycles. The van der Waals surface area contributed by atoms with Gasteiger partial charge in [0.25, 0.3) is 0 Å². The fraction of sp³-hybridized carbons (Fsp3) is 0.520. The van der Waals surface area contributed by atoms with Crippen molar-refractivity contribution < 1.29 is 4.74 Å². The first kappa shape index (κ1) is 21.8. The summed E-state index contributed by atoms with van der Waals surface area (Å²) in [6.45, 7) is 14.0. The maximum atomic E-state index is 6.79. The Kier molecular flexibility index (Phi) is 7.79. The zero-order valence-corrected chi connectivity index (χ0v) is 18.6. The van der Waals surface area contributed by atoms with Crippen molar-refractivity contribution in [2.24, 2.45) is 11.8 Å². The van der Waals surface area contributed by atoms with Gasteiger partial charge in [0.2, 0.25) is 0 Å². The fourth-order valence-electron chi connectivity index (χ4n) is 3.67. The van der Waals surface area contributed by atoms with E-state index in [4.69, 9.17) is 16.3 Å². The molecule has 0 saturated heterocycles. The summed E-state index contributed by atoms with van der Waals surface area (Å²) in [6.07, 6.45) is 3.08. The van der Waals surface area contributed by atoms with Crippen molar-refractivity contribution in [3.05, 3.63) is 64.7 Å². The molecule has 1 nitrogen and oxygen atoms in total. The van der Waals surface area contributed by atoms with E-state index in [1.165, 1.54) is 22.3 Å². The Labute approximate surface area is 171 Å². The van der Waals surface area contributed by atoms with Crippen molar-refractivity contribution in [1.82, 2.24) is 0 Å². The SMILES string of the molecule is CC(C)Cc1ccc(C(C)(C)Cl)c(CCOc2ccccc2)c1CC(C)C. The van der Waals surface area contributed by atoms with Gasteiger partial charge < -0.3 is 4.74 Å². The van der Waals surface area contributed by atoms with E-state index >= 15 is 0 Å². The van der Waals surface area contributed by atoms with Gasteiger partial charge in [0.15, 0.2) is 0 Å². The molecule has 0 N–H and O–H groups in total. The van der Waals surface area contributed by atoms with Crippen LogP contribution in [0.5, 0.6) is 5.75 Å². The van der Waals surface area contributed by atoms with Crippen molar-refractivity contribution in [1.29, 1.82) is 0 Å². The zero-order valence-electron chi connectivity index (χ0n) is 17.8. The van der Waals surface area contributed by atoms with E-state index in [1.54, 1.807) is 0 Å². The van der Waals surface area contributed by atoms with Crippen LogP contribution in [0.2, 0.25) is 0 Å². The van der Waals surface area contributed by atoms with Crippen molar-refractivity contribution >= 4 is 11.6 Å². The first-order valence-corrected chi connectivity index (χ1v) is 10.6. The number of para-hydroxylation sites is 1. The zero-order chi connectivity index (χ0) is 20.0. The summed E-state index contributed by atoms with van der Waals surface area (Å²) in [4.78, 5) is -0.385. The third kappa shape index (κ3) is 6.57. The standard InChI is InChI=1S/C25H35ClO/c1-18(2)16-20-12-13-24(25(5,6)26)22(23(20)17-19(3)4)14-15-27-21-10-8-7-9-11-21/h7-13,18-19H,14-17H2,1-6H3. The van der Waals surface area contributed by atoms with E-state index in [0.717, 1.165) is 25.0 Å². The van der Waals surface area contributed by atoms with E-state index in [9.17, 15) is 0 Å². The van der Waals surface area contributed by atoms with Gasteiger partial charge in [-0.15, -0.1) is 11.6 Å². The van der Waals surface area contributed by atoms with Gasteiger partial charge in [-0.05, 0) is 72.9 Å². The molecule has 0 aromatic heterocycles. The average Bonchev–Trinajstić information content (AvgIpc) is 2.56. The monoisotopic (exact) mass is 386 g/mol. The van der Waals surface area contributed by atoms with Crippen LogP contribution < -0.4 is 4.74 Å². The Hall–Kier alpha value is -1.47. The normalized spacial score (nSPS) is 12.0. The summed E-state index contributed by atoms with van der Waals surface area (Å²) in [7, 11) is 0. The Morgan fingerprint density at radius 2 is 1.48 bits per heavy atom. The second-order valence-electron chi connectivity index (χ2n) is 8.81. The molecule has 2 aromatic rings. The molecule has 0 heterocycles. The molecule has 0 unspecified atom stereocenters. The topological polar surface area (TPSA) is 9.23 Å². The summed E-state index contributed by atoms with van der Waals surface area (Å²) in [5, 5.41) is 0. The minimum absolute atomic E-state index is 0.385. The van der Waals surface area contributed by atoms with Crippen molar-refractivity contribution in [3.63, 3.8) is 0 Å². The van der Waals surface area contributed by atoms with Gasteiger partial charge in [0, 0.05) is 6.42 Å². The predicted molar refractivity (Wildman–Crippen MR) is 118 cm³/mol. The molecule has 0 spiro atoms. The van der Waals surface area contributed by atoms with Crippen LogP contribution in [0.15, 0.2) is 42.5 Å². The molecule has 0 saturated carbocycles. The van der Waals surface area contributed by atoms with Crippen LogP contribution in [0.4, 0.5) is 0 Å². The highest BCUT2D eigenvalue weighted by atomic mass is 35.5. The summed E-state index contributed by atoms with van der Waals surface area (Å²) in [6, 6.07) is 14.6. The molecule has 2 heteroatoms. The summed E-state index contributed by atoms with van der Waals surface area (Å²) in [5.41, 5.74) is 5.58. The van der Waals surface area contributed by atoms with Gasteiger partial charge in [-0.1, -0.05) is 58.0 Å². The molecular formula is C25H35ClO. The first-order chi connectivity index (χ1) is 12.7. The maximum Gasteiger partial charge on any atom is 0.119 e. The van der Waals surface area contributed by atoms with Crippen molar-refractivity contribution in [2.75, 3.05) is 6.61 Å². The Balaban J connectivity index is 2.38. The van der Waals surface area contributed by atoms with Crippen LogP contribution in [0.25, 0.3) is 0 Å². The van der Waals surface area contributed by atoms with E-state index in [1.807, 2.05) is 30.3 Å². The minimum Gasteiger partial charge on any atom is -0.493 e. The lowest BCUT2D eigenvalue weighted by Crippen LogP contribution is -2.18. The summed E-state index contributed by atoms with van der Waals surface area (Å²) in [5.74, 6) is 2.17. The van der Waals surface area contributed by atoms with Gasteiger partial charge in [0.1, 0.15) is 5.75 Å². The molecule has 0 amide bonds. The number of hydrogen-bond donors (Lipinski definition) is 0. The van der Waals surface area contributed by atoms with Crippen molar-refractivity contribution in [3.8, 4) is 5.75 Å². The molecule has 0 fully saturated rings.